The molecule has 0 bridgehead atoms. The second kappa shape index (κ2) is 7.27. The monoisotopic (exact) mass is 432 g/mol. The van der Waals surface area contributed by atoms with Gasteiger partial charge in [0, 0.05) is 38.3 Å². The molecule has 4 heterocycles. The number of hydrogen-bond donors (Lipinski definition) is 1. The summed E-state index contributed by atoms with van der Waals surface area (Å²) in [6.45, 7) is 11.0. The van der Waals surface area contributed by atoms with Crippen molar-refractivity contribution >= 4 is 23.3 Å². The summed E-state index contributed by atoms with van der Waals surface area (Å²) in [6, 6.07) is 0.0397. The number of pyridine rings is 1. The molecule has 164 valence electrons. The number of anilines is 1. The summed E-state index contributed by atoms with van der Waals surface area (Å²) < 4.78 is 6.39. The van der Waals surface area contributed by atoms with E-state index < -0.39 is 0 Å². The van der Waals surface area contributed by atoms with Gasteiger partial charge in [0.2, 0.25) is 0 Å². The number of amides is 1. The first-order valence-electron chi connectivity index (χ1n) is 11.4. The predicted molar refractivity (Wildman–Crippen MR) is 119 cm³/mol. The van der Waals surface area contributed by atoms with Gasteiger partial charge in [-0.2, -0.15) is 0 Å². The Hall–Kier alpha value is -1.53. The van der Waals surface area contributed by atoms with Crippen molar-refractivity contribution < 1.29 is 9.53 Å². The fourth-order valence-electron chi connectivity index (χ4n) is 5.89. The zero-order valence-electron chi connectivity index (χ0n) is 18.4. The molecule has 0 aromatic carbocycles. The van der Waals surface area contributed by atoms with Gasteiger partial charge in [0.15, 0.2) is 0 Å². The van der Waals surface area contributed by atoms with Gasteiger partial charge in [0.1, 0.15) is 28.9 Å². The maximum atomic E-state index is 13.9. The van der Waals surface area contributed by atoms with Crippen LogP contribution in [0, 0.1) is 5.41 Å². The van der Waals surface area contributed by atoms with E-state index in [9.17, 15) is 4.79 Å². The standard InChI is InChI=1S/C23H33ClN4O2/c1-22(2,3)17-18-16(21(29)28-11-9-25-12-15(28)13-30-18)20(26-19(17)24)27-10-8-23(14-27)6-4-5-7-23/h15,25H,4-14H2,1-3H3/t15-/m1/s1. The van der Waals surface area contributed by atoms with E-state index in [0.29, 0.717) is 35.0 Å². The molecule has 5 rings (SSSR count). The first kappa shape index (κ1) is 20.4. The molecule has 2 saturated heterocycles. The Kier molecular flexibility index (Phi) is 4.93. The minimum Gasteiger partial charge on any atom is -0.490 e. The van der Waals surface area contributed by atoms with Crippen LogP contribution in [0.25, 0.3) is 0 Å². The molecule has 1 aromatic heterocycles. The Morgan fingerprint density at radius 2 is 1.97 bits per heavy atom. The summed E-state index contributed by atoms with van der Waals surface area (Å²) in [6.07, 6.45) is 6.36. The summed E-state index contributed by atoms with van der Waals surface area (Å²) in [5.41, 5.74) is 1.59. The number of fused-ring (bicyclic) bond motifs is 2. The van der Waals surface area contributed by atoms with E-state index in [1.807, 2.05) is 4.90 Å². The number of carbonyl (C=O) groups excluding carboxylic acids is 1. The number of aromatic nitrogens is 1. The van der Waals surface area contributed by atoms with Gasteiger partial charge in [0.25, 0.3) is 5.91 Å². The van der Waals surface area contributed by atoms with Crippen LogP contribution in [0.3, 0.4) is 0 Å². The van der Waals surface area contributed by atoms with E-state index in [2.05, 4.69) is 31.0 Å². The Morgan fingerprint density at radius 3 is 2.70 bits per heavy atom. The minimum absolute atomic E-state index is 0.0397. The summed E-state index contributed by atoms with van der Waals surface area (Å²) >= 11 is 6.78. The second-order valence-electron chi connectivity index (χ2n) is 10.6. The minimum atomic E-state index is -0.270. The van der Waals surface area contributed by atoms with Crippen LogP contribution in [0.15, 0.2) is 0 Å². The van der Waals surface area contributed by atoms with Crippen molar-refractivity contribution in [2.45, 2.75) is 64.3 Å². The van der Waals surface area contributed by atoms with Crippen molar-refractivity contribution in [2.75, 3.05) is 44.2 Å². The van der Waals surface area contributed by atoms with E-state index in [4.69, 9.17) is 21.3 Å². The van der Waals surface area contributed by atoms with Gasteiger partial charge in [-0.25, -0.2) is 4.98 Å². The normalized spacial score (nSPS) is 25.9. The highest BCUT2D eigenvalue weighted by Gasteiger charge is 2.44. The Bertz CT molecular complexity index is 860. The molecule has 1 spiro atoms. The van der Waals surface area contributed by atoms with Crippen molar-refractivity contribution in [3.63, 3.8) is 0 Å². The van der Waals surface area contributed by atoms with Crippen LogP contribution in [0.4, 0.5) is 5.82 Å². The summed E-state index contributed by atoms with van der Waals surface area (Å²) in [4.78, 5) is 23.0. The number of nitrogens with zero attached hydrogens (tertiary/aromatic N) is 3. The molecule has 7 heteroatoms. The maximum absolute atomic E-state index is 13.9. The van der Waals surface area contributed by atoms with Crippen molar-refractivity contribution in [1.82, 2.24) is 15.2 Å². The lowest BCUT2D eigenvalue weighted by Gasteiger charge is -2.34. The average molecular weight is 433 g/mol. The van der Waals surface area contributed by atoms with E-state index in [1.54, 1.807) is 0 Å². The first-order chi connectivity index (χ1) is 14.3. The van der Waals surface area contributed by atoms with Crippen LogP contribution in [-0.4, -0.2) is 61.2 Å². The first-order valence-corrected chi connectivity index (χ1v) is 11.8. The third-order valence-corrected chi connectivity index (χ3v) is 7.76. The van der Waals surface area contributed by atoms with E-state index >= 15 is 0 Å². The summed E-state index contributed by atoms with van der Waals surface area (Å²) in [5, 5.41) is 3.86. The molecule has 6 nitrogen and oxygen atoms in total. The molecule has 1 saturated carbocycles. The molecular weight excluding hydrogens is 400 g/mol. The Morgan fingerprint density at radius 1 is 1.20 bits per heavy atom. The summed E-state index contributed by atoms with van der Waals surface area (Å²) in [5.74, 6) is 1.44. The van der Waals surface area contributed by atoms with Gasteiger partial charge in [-0.3, -0.25) is 4.79 Å². The molecule has 0 unspecified atom stereocenters. The smallest absolute Gasteiger partial charge is 0.261 e. The molecule has 1 amide bonds. The molecule has 1 aliphatic carbocycles. The van der Waals surface area contributed by atoms with Crippen LogP contribution in [0.1, 0.15) is 68.8 Å². The molecule has 30 heavy (non-hydrogen) atoms. The number of nitrogens with one attached hydrogen (secondary N) is 1. The third-order valence-electron chi connectivity index (χ3n) is 7.49. The third kappa shape index (κ3) is 3.27. The van der Waals surface area contributed by atoms with Crippen LogP contribution in [0.5, 0.6) is 5.75 Å². The highest BCUT2D eigenvalue weighted by Crippen LogP contribution is 2.49. The SMILES string of the molecule is CC(C)(C)c1c(Cl)nc(N2CCC3(CCCC3)C2)c2c1OC[C@H]1CNCCN1C2=O. The van der Waals surface area contributed by atoms with Gasteiger partial charge in [-0.15, -0.1) is 0 Å². The van der Waals surface area contributed by atoms with E-state index in [0.717, 1.165) is 37.6 Å². The van der Waals surface area contributed by atoms with Crippen molar-refractivity contribution in [2.24, 2.45) is 5.41 Å². The average Bonchev–Trinajstić information content (AvgIpc) is 3.31. The van der Waals surface area contributed by atoms with Gasteiger partial charge >= 0.3 is 0 Å². The number of ether oxygens (including phenoxy) is 1. The van der Waals surface area contributed by atoms with Crippen molar-refractivity contribution in [3.8, 4) is 5.75 Å². The van der Waals surface area contributed by atoms with Gasteiger partial charge in [-0.05, 0) is 30.1 Å². The lowest BCUT2D eigenvalue weighted by Crippen LogP contribution is -2.55. The van der Waals surface area contributed by atoms with Crippen LogP contribution in [0.2, 0.25) is 5.15 Å². The Balaban J connectivity index is 1.64. The Labute approximate surface area is 184 Å². The van der Waals surface area contributed by atoms with Gasteiger partial charge in [0.05, 0.1) is 6.04 Å². The number of carbonyl (C=O) groups is 1. The van der Waals surface area contributed by atoms with Crippen LogP contribution in [-0.2, 0) is 5.41 Å². The highest BCUT2D eigenvalue weighted by molar-refractivity contribution is 6.31. The van der Waals surface area contributed by atoms with Crippen LogP contribution < -0.4 is 15.0 Å². The molecule has 1 atom stereocenters. The number of rotatable bonds is 1. The molecule has 1 N–H and O–H groups in total. The molecule has 3 fully saturated rings. The topological polar surface area (TPSA) is 57.7 Å². The maximum Gasteiger partial charge on any atom is 0.261 e. The lowest BCUT2D eigenvalue weighted by molar-refractivity contribution is 0.0606. The molecule has 4 aliphatic rings. The number of piperazine rings is 1. The fraction of sp³-hybridized carbons (Fsp3) is 0.739. The summed E-state index contributed by atoms with van der Waals surface area (Å²) in [7, 11) is 0. The van der Waals surface area contributed by atoms with E-state index in [1.165, 1.54) is 32.1 Å². The van der Waals surface area contributed by atoms with Crippen molar-refractivity contribution in [3.05, 3.63) is 16.3 Å². The molecule has 1 aromatic rings. The fourth-order valence-corrected chi connectivity index (χ4v) is 6.34. The van der Waals surface area contributed by atoms with Gasteiger partial charge < -0.3 is 19.9 Å². The zero-order chi connectivity index (χ0) is 21.1. The largest absolute Gasteiger partial charge is 0.490 e. The molecule has 3 aliphatic heterocycles. The van der Waals surface area contributed by atoms with Crippen LogP contribution >= 0.6 is 11.6 Å². The quantitative estimate of drug-likeness (QED) is 0.687. The number of hydrogen-bond acceptors (Lipinski definition) is 5. The lowest BCUT2D eigenvalue weighted by atomic mass is 9.85. The van der Waals surface area contributed by atoms with E-state index in [-0.39, 0.29) is 17.4 Å². The number of halogens is 1. The second-order valence-corrected chi connectivity index (χ2v) is 11.0. The van der Waals surface area contributed by atoms with Gasteiger partial charge in [-0.1, -0.05) is 45.2 Å². The van der Waals surface area contributed by atoms with Crippen molar-refractivity contribution in [1.29, 1.82) is 0 Å². The predicted octanol–water partition coefficient (Wildman–Crippen LogP) is 3.61. The highest BCUT2D eigenvalue weighted by atomic mass is 35.5. The zero-order valence-corrected chi connectivity index (χ0v) is 19.1. The molecular formula is C23H33ClN4O2. The molecule has 0 radical (unpaired) electrons.